The van der Waals surface area contributed by atoms with E-state index in [2.05, 4.69) is 14.6 Å². The Balaban J connectivity index is 2.42. The molecule has 2 aliphatic rings. The summed E-state index contributed by atoms with van der Waals surface area (Å²) < 4.78 is 0. The van der Waals surface area contributed by atoms with Crippen molar-refractivity contribution in [2.24, 2.45) is 0 Å². The Labute approximate surface area is 96.2 Å². The lowest BCUT2D eigenvalue weighted by Gasteiger charge is -2.15. The molecule has 1 aliphatic heterocycles. The molecule has 2 unspecified atom stereocenters. The summed E-state index contributed by atoms with van der Waals surface area (Å²) in [6, 6.07) is 0. The van der Waals surface area contributed by atoms with E-state index in [-0.39, 0.29) is 17.0 Å². The third-order valence-electron chi connectivity index (χ3n) is 2.38. The molecular formula is C12H12NO2P. The number of nitrogens with one attached hydrogen (secondary N) is 1. The van der Waals surface area contributed by atoms with E-state index in [4.69, 9.17) is 0 Å². The minimum atomic E-state index is -0.350. The van der Waals surface area contributed by atoms with E-state index in [0.29, 0.717) is 5.57 Å². The second-order valence-corrected chi connectivity index (χ2v) is 5.30. The van der Waals surface area contributed by atoms with Crippen LogP contribution in [0.25, 0.3) is 0 Å². The number of rotatable bonds is 1. The van der Waals surface area contributed by atoms with Gasteiger partial charge in [-0.05, 0) is 12.5 Å². The van der Waals surface area contributed by atoms with Crippen LogP contribution in [0.4, 0.5) is 0 Å². The van der Waals surface area contributed by atoms with Crippen molar-refractivity contribution in [3.05, 3.63) is 47.6 Å². The molecule has 2 atom stereocenters. The first-order valence-corrected chi connectivity index (χ1v) is 5.51. The van der Waals surface area contributed by atoms with Crippen LogP contribution in [-0.4, -0.2) is 17.0 Å². The molecule has 0 fully saturated rings. The van der Waals surface area contributed by atoms with Gasteiger partial charge in [0.05, 0.1) is 5.57 Å². The lowest BCUT2D eigenvalue weighted by molar-refractivity contribution is -0.123. The SMILES string of the molecule is CC1(P)C=CC=CC(C2=CC(=O)NC2=O)=C1. The van der Waals surface area contributed by atoms with Crippen LogP contribution in [0.2, 0.25) is 0 Å². The quantitative estimate of drug-likeness (QED) is 0.547. The third-order valence-corrected chi connectivity index (χ3v) is 2.74. The number of amides is 2. The van der Waals surface area contributed by atoms with Crippen molar-refractivity contribution in [2.45, 2.75) is 12.1 Å². The highest BCUT2D eigenvalue weighted by Gasteiger charge is 2.24. The van der Waals surface area contributed by atoms with E-state index in [1.165, 1.54) is 6.08 Å². The summed E-state index contributed by atoms with van der Waals surface area (Å²) in [6.07, 6.45) is 10.9. The molecule has 1 aliphatic carbocycles. The predicted molar refractivity (Wildman–Crippen MR) is 65.7 cm³/mol. The summed E-state index contributed by atoms with van der Waals surface area (Å²) in [7, 11) is 2.70. The van der Waals surface area contributed by atoms with E-state index < -0.39 is 0 Å². The fourth-order valence-electron chi connectivity index (χ4n) is 1.65. The van der Waals surface area contributed by atoms with Crippen LogP contribution in [0.1, 0.15) is 6.92 Å². The Morgan fingerprint density at radius 2 is 2.06 bits per heavy atom. The smallest absolute Gasteiger partial charge is 0.258 e. The standard InChI is InChI=1S/C12H12NO2P/c1-12(16)5-3-2-4-8(7-12)9-6-10(14)13-11(9)15/h2-7H,16H2,1H3,(H,13,14,15). The van der Waals surface area contributed by atoms with Gasteiger partial charge >= 0.3 is 0 Å². The Kier molecular flexibility index (Phi) is 2.64. The van der Waals surface area contributed by atoms with Gasteiger partial charge in [-0.15, -0.1) is 9.24 Å². The topological polar surface area (TPSA) is 46.2 Å². The van der Waals surface area contributed by atoms with Crippen LogP contribution in [-0.2, 0) is 9.59 Å². The largest absolute Gasteiger partial charge is 0.289 e. The minimum Gasteiger partial charge on any atom is -0.289 e. The first kappa shape index (κ1) is 11.0. The van der Waals surface area contributed by atoms with Crippen LogP contribution in [0, 0.1) is 0 Å². The molecule has 3 nitrogen and oxygen atoms in total. The van der Waals surface area contributed by atoms with Crippen molar-refractivity contribution >= 4 is 21.1 Å². The molecule has 0 radical (unpaired) electrons. The molecule has 0 bridgehead atoms. The van der Waals surface area contributed by atoms with Gasteiger partial charge in [0.25, 0.3) is 11.8 Å². The van der Waals surface area contributed by atoms with Gasteiger partial charge in [-0.2, -0.15) is 0 Å². The Hall–Kier alpha value is -1.47. The molecule has 2 rings (SSSR count). The maximum atomic E-state index is 11.5. The van der Waals surface area contributed by atoms with Crippen LogP contribution in [0.3, 0.4) is 0 Å². The van der Waals surface area contributed by atoms with Gasteiger partial charge in [0.15, 0.2) is 0 Å². The van der Waals surface area contributed by atoms with Gasteiger partial charge in [-0.1, -0.05) is 30.4 Å². The normalized spacial score (nSPS) is 28.6. The first-order valence-electron chi connectivity index (χ1n) is 4.93. The molecule has 16 heavy (non-hydrogen) atoms. The summed E-state index contributed by atoms with van der Waals surface area (Å²) >= 11 is 0. The third kappa shape index (κ3) is 2.20. The average molecular weight is 233 g/mol. The number of hydrogen-bond acceptors (Lipinski definition) is 2. The number of carbonyl (C=O) groups excluding carboxylic acids is 2. The van der Waals surface area contributed by atoms with Crippen molar-refractivity contribution in [3.63, 3.8) is 0 Å². The highest BCUT2D eigenvalue weighted by molar-refractivity contribution is 7.19. The predicted octanol–water partition coefficient (Wildman–Crippen LogP) is 1.26. The highest BCUT2D eigenvalue weighted by atomic mass is 31.0. The van der Waals surface area contributed by atoms with Crippen molar-refractivity contribution in [1.82, 2.24) is 5.32 Å². The van der Waals surface area contributed by atoms with E-state index in [0.717, 1.165) is 5.57 Å². The number of carbonyl (C=O) groups is 2. The van der Waals surface area contributed by atoms with Gasteiger partial charge in [0.1, 0.15) is 0 Å². The molecule has 0 aromatic rings. The highest BCUT2D eigenvalue weighted by Crippen LogP contribution is 2.28. The first-order chi connectivity index (χ1) is 7.48. The van der Waals surface area contributed by atoms with Gasteiger partial charge in [0.2, 0.25) is 0 Å². The molecule has 0 spiro atoms. The summed E-state index contributed by atoms with van der Waals surface area (Å²) in [6.45, 7) is 2.01. The molecule has 1 heterocycles. The van der Waals surface area contributed by atoms with Gasteiger partial charge < -0.3 is 0 Å². The molecule has 4 heteroatoms. The van der Waals surface area contributed by atoms with Crippen LogP contribution < -0.4 is 5.32 Å². The zero-order chi connectivity index (χ0) is 11.8. The Morgan fingerprint density at radius 1 is 1.31 bits per heavy atom. The minimum absolute atomic E-state index is 0.203. The zero-order valence-electron chi connectivity index (χ0n) is 8.86. The zero-order valence-corrected chi connectivity index (χ0v) is 10.0. The second kappa shape index (κ2) is 3.84. The van der Waals surface area contributed by atoms with Crippen molar-refractivity contribution < 1.29 is 9.59 Å². The van der Waals surface area contributed by atoms with Crippen molar-refractivity contribution in [1.29, 1.82) is 0 Å². The second-order valence-electron chi connectivity index (χ2n) is 4.06. The van der Waals surface area contributed by atoms with E-state index in [9.17, 15) is 9.59 Å². The van der Waals surface area contributed by atoms with Crippen LogP contribution in [0.15, 0.2) is 47.6 Å². The van der Waals surface area contributed by atoms with Gasteiger partial charge in [0, 0.05) is 11.2 Å². The monoisotopic (exact) mass is 233 g/mol. The molecule has 0 aromatic heterocycles. The summed E-state index contributed by atoms with van der Waals surface area (Å²) in [5, 5.41) is 2.04. The average Bonchev–Trinajstić information content (AvgIpc) is 2.40. The van der Waals surface area contributed by atoms with Crippen LogP contribution in [0.5, 0.6) is 0 Å². The fraction of sp³-hybridized carbons (Fsp3) is 0.167. The maximum absolute atomic E-state index is 11.5. The van der Waals surface area contributed by atoms with Gasteiger partial charge in [-0.3, -0.25) is 14.9 Å². The number of hydrogen-bond donors (Lipinski definition) is 1. The van der Waals surface area contributed by atoms with Crippen LogP contribution >= 0.6 is 9.24 Å². The Bertz CT molecular complexity index is 481. The van der Waals surface area contributed by atoms with E-state index >= 15 is 0 Å². The van der Waals surface area contributed by atoms with Gasteiger partial charge in [-0.25, -0.2) is 0 Å². The molecular weight excluding hydrogens is 221 g/mol. The molecule has 82 valence electrons. The maximum Gasteiger partial charge on any atom is 0.258 e. The molecule has 0 saturated heterocycles. The molecule has 1 N–H and O–H groups in total. The summed E-state index contributed by atoms with van der Waals surface area (Å²) in [5.74, 6) is -0.680. The molecule has 0 aromatic carbocycles. The lowest BCUT2D eigenvalue weighted by Crippen LogP contribution is -2.22. The lowest BCUT2D eigenvalue weighted by atomic mass is 10.0. The van der Waals surface area contributed by atoms with E-state index in [1.54, 1.807) is 0 Å². The number of imide groups is 1. The summed E-state index contributed by atoms with van der Waals surface area (Å²) in [5.41, 5.74) is 1.20. The number of allylic oxidation sites excluding steroid dienone is 5. The van der Waals surface area contributed by atoms with E-state index in [1.807, 2.05) is 37.3 Å². The molecule has 0 saturated carbocycles. The van der Waals surface area contributed by atoms with Crippen molar-refractivity contribution in [3.8, 4) is 0 Å². The van der Waals surface area contributed by atoms with Crippen molar-refractivity contribution in [2.75, 3.05) is 0 Å². The molecule has 2 amide bonds. The fourth-order valence-corrected chi connectivity index (χ4v) is 1.94. The summed E-state index contributed by atoms with van der Waals surface area (Å²) in [4.78, 5) is 22.6. The Morgan fingerprint density at radius 3 is 2.69 bits per heavy atom.